The Morgan fingerprint density at radius 2 is 1.72 bits per heavy atom. The first-order valence-corrected chi connectivity index (χ1v) is 9.60. The molecule has 1 N–H and O–H groups in total. The molecule has 0 atom stereocenters. The van der Waals surface area contributed by atoms with Gasteiger partial charge in [-0.25, -0.2) is 0 Å². The molecule has 1 aliphatic heterocycles. The van der Waals surface area contributed by atoms with Crippen LogP contribution in [0.3, 0.4) is 0 Å². The average molecular weight is 399 g/mol. The number of rotatable bonds is 2. The Morgan fingerprint density at radius 3 is 2.17 bits per heavy atom. The first-order chi connectivity index (χ1) is 8.58. The topological polar surface area (TPSA) is 89.9 Å². The van der Waals surface area contributed by atoms with Crippen molar-refractivity contribution in [2.75, 3.05) is 11.5 Å². The van der Waals surface area contributed by atoms with Crippen LogP contribution in [0.15, 0.2) is 0 Å². The van der Waals surface area contributed by atoms with Gasteiger partial charge in [-0.1, -0.05) is 0 Å². The summed E-state index contributed by atoms with van der Waals surface area (Å²) in [4.78, 5) is 33.1. The number of aliphatic carboxylic acids is 1. The van der Waals surface area contributed by atoms with E-state index in [2.05, 4.69) is 0 Å². The third-order valence-electron chi connectivity index (χ3n) is 1.87. The molecule has 0 saturated carbocycles. The van der Waals surface area contributed by atoms with E-state index in [4.69, 9.17) is 11.3 Å². The van der Waals surface area contributed by atoms with Crippen molar-refractivity contribution in [3.63, 3.8) is 0 Å². The molecule has 0 spiro atoms. The Morgan fingerprint density at radius 1 is 1.22 bits per heavy atom. The zero-order valence-electron chi connectivity index (χ0n) is 9.42. The average Bonchev–Trinajstić information content (AvgIpc) is 2.26. The molecule has 0 aromatic heterocycles. The molecule has 0 amide bonds. The molecule has 1 fully saturated rings. The summed E-state index contributed by atoms with van der Waals surface area (Å²) in [6.07, 6.45) is 0.454. The normalized spacial score (nSPS) is 20.2. The Balaban J connectivity index is 2.48. The van der Waals surface area contributed by atoms with Crippen molar-refractivity contribution >= 4 is 63.4 Å². The zero-order valence-corrected chi connectivity index (χ0v) is 13.9. The van der Waals surface area contributed by atoms with Crippen molar-refractivity contribution < 1.29 is 25.6 Å². The van der Waals surface area contributed by atoms with Crippen LogP contribution < -0.4 is 0 Å². The molecule has 0 unspecified atom stereocenters. The van der Waals surface area contributed by atoms with E-state index in [1.54, 1.807) is 0 Å². The zero-order chi connectivity index (χ0) is 13.4. The predicted octanol–water partition coefficient (Wildman–Crippen LogP) is 0.668. The number of hydrogen-bond donors (Lipinski definition) is 1. The molecular weight excluding hydrogens is 387 g/mol. The van der Waals surface area contributed by atoms with Crippen LogP contribution in [-0.4, -0.2) is 61.1 Å². The molecule has 0 aromatic rings. The maximum atomic E-state index is 11.2. The molecular formula is C9H12O6S2Sn. The molecule has 1 aliphatic rings. The summed E-state index contributed by atoms with van der Waals surface area (Å²) < 4.78 is 9.56. The van der Waals surface area contributed by atoms with Gasteiger partial charge in [0.05, 0.1) is 0 Å². The van der Waals surface area contributed by atoms with Crippen LogP contribution in [0.5, 0.6) is 0 Å². The first kappa shape index (κ1) is 16.0. The van der Waals surface area contributed by atoms with Crippen molar-refractivity contribution in [1.82, 2.24) is 0 Å². The third-order valence-corrected chi connectivity index (χ3v) is 6.42. The second kappa shape index (κ2) is 8.92. The second-order valence-corrected chi connectivity index (χ2v) is 7.86. The minimum absolute atomic E-state index is 0.0101. The van der Waals surface area contributed by atoms with Crippen LogP contribution in [0.4, 0.5) is 0 Å². The van der Waals surface area contributed by atoms with Gasteiger partial charge in [-0.05, 0) is 0 Å². The number of hydrogen-bond acceptors (Lipinski definition) is 7. The maximum absolute atomic E-state index is 11.2. The Hall–Kier alpha value is -0.0913. The molecule has 0 aromatic carbocycles. The fraction of sp³-hybridized carbons (Fsp3) is 0.667. The van der Waals surface area contributed by atoms with Crippen LogP contribution >= 0.6 is 23.5 Å². The number of carboxylic acid groups (broad SMARTS) is 1. The van der Waals surface area contributed by atoms with E-state index >= 15 is 0 Å². The number of carboxylic acids is 1. The number of carbonyl (C=O) groups is 3. The molecule has 6 nitrogen and oxygen atoms in total. The predicted molar refractivity (Wildman–Crippen MR) is 68.1 cm³/mol. The van der Waals surface area contributed by atoms with Gasteiger partial charge in [-0.2, -0.15) is 0 Å². The van der Waals surface area contributed by atoms with Gasteiger partial charge in [0, 0.05) is 0 Å². The summed E-state index contributed by atoms with van der Waals surface area (Å²) in [5, 5.41) is 8.76. The second-order valence-electron chi connectivity index (χ2n) is 3.30. The summed E-state index contributed by atoms with van der Waals surface area (Å²) in [6.45, 7) is 0. The standard InChI is InChI=1S/C9H14O6S2.Sn/c10-6(11)1-3-16-9(5-8(14)15)17-4-2-7(12)13;/h9H,1-5H2,(H,10,11)(H,12,13)(H,14,15);/q;+2/p-2. The van der Waals surface area contributed by atoms with Gasteiger partial charge in [0.15, 0.2) is 0 Å². The van der Waals surface area contributed by atoms with Crippen molar-refractivity contribution in [2.24, 2.45) is 0 Å². The minimum atomic E-state index is -1.82. The van der Waals surface area contributed by atoms with Crippen LogP contribution in [-0.2, 0) is 20.5 Å². The van der Waals surface area contributed by atoms with Crippen LogP contribution in [0.2, 0.25) is 0 Å². The molecule has 0 aliphatic carbocycles. The van der Waals surface area contributed by atoms with Crippen molar-refractivity contribution in [3.8, 4) is 0 Å². The quantitative estimate of drug-likeness (QED) is 0.678. The fourth-order valence-electron chi connectivity index (χ4n) is 1.07. The summed E-state index contributed by atoms with van der Waals surface area (Å²) in [7, 11) is 0. The third kappa shape index (κ3) is 7.37. The summed E-state index contributed by atoms with van der Waals surface area (Å²) >= 11 is 1.01. The molecule has 0 bridgehead atoms. The molecule has 2 radical (unpaired) electrons. The van der Waals surface area contributed by atoms with E-state index < -0.39 is 27.9 Å². The van der Waals surface area contributed by atoms with Gasteiger partial charge in [-0.3, -0.25) is 0 Å². The van der Waals surface area contributed by atoms with Crippen molar-refractivity contribution in [3.05, 3.63) is 0 Å². The van der Waals surface area contributed by atoms with Crippen LogP contribution in [0.1, 0.15) is 19.3 Å². The summed E-state index contributed by atoms with van der Waals surface area (Å²) in [5.74, 6) is -0.580. The van der Waals surface area contributed by atoms with Crippen LogP contribution in [0.25, 0.3) is 0 Å². The fourth-order valence-corrected chi connectivity index (χ4v) is 4.88. The Bertz CT molecular complexity index is 302. The van der Waals surface area contributed by atoms with Crippen LogP contribution in [0, 0.1) is 0 Å². The van der Waals surface area contributed by atoms with Gasteiger partial charge in [0.2, 0.25) is 0 Å². The molecule has 9 heteroatoms. The first-order valence-electron chi connectivity index (χ1n) is 5.17. The summed E-state index contributed by atoms with van der Waals surface area (Å²) in [5.41, 5.74) is 0. The Labute approximate surface area is 124 Å². The van der Waals surface area contributed by atoms with Crippen molar-refractivity contribution in [2.45, 2.75) is 23.8 Å². The van der Waals surface area contributed by atoms with E-state index in [0.29, 0.717) is 11.5 Å². The van der Waals surface area contributed by atoms with E-state index in [1.807, 2.05) is 0 Å². The molecule has 1 heterocycles. The molecule has 100 valence electrons. The number of thioether (sulfide) groups is 2. The van der Waals surface area contributed by atoms with E-state index in [1.165, 1.54) is 23.5 Å². The van der Waals surface area contributed by atoms with Gasteiger partial charge in [-0.15, -0.1) is 0 Å². The van der Waals surface area contributed by atoms with Crippen molar-refractivity contribution in [1.29, 1.82) is 0 Å². The molecule has 1 saturated heterocycles. The van der Waals surface area contributed by atoms with Gasteiger partial charge >= 0.3 is 124 Å². The van der Waals surface area contributed by atoms with Gasteiger partial charge < -0.3 is 0 Å². The van der Waals surface area contributed by atoms with E-state index in [-0.39, 0.29) is 35.8 Å². The SMILES string of the molecule is O=C(O)CC1SCCC(=O)[O][Sn][O]C(=O)CCS1. The summed E-state index contributed by atoms with van der Waals surface area (Å²) in [6, 6.07) is 0. The van der Waals surface area contributed by atoms with E-state index in [0.717, 1.165) is 0 Å². The number of carbonyl (C=O) groups excluding carboxylic acids is 2. The molecule has 1 rings (SSSR count). The Kier molecular flexibility index (Phi) is 7.91. The monoisotopic (exact) mass is 400 g/mol. The van der Waals surface area contributed by atoms with Gasteiger partial charge in [0.25, 0.3) is 0 Å². The van der Waals surface area contributed by atoms with Gasteiger partial charge in [0.1, 0.15) is 0 Å². The van der Waals surface area contributed by atoms with E-state index in [9.17, 15) is 14.4 Å². The molecule has 18 heavy (non-hydrogen) atoms.